The Bertz CT molecular complexity index is 1250. The molecule has 39 heavy (non-hydrogen) atoms. The molecule has 0 spiro atoms. The molecule has 0 aliphatic heterocycles. The van der Waals surface area contributed by atoms with Crippen molar-refractivity contribution in [2.45, 2.75) is 57.2 Å². The summed E-state index contributed by atoms with van der Waals surface area (Å²) in [6.45, 7) is -0.146. The molecule has 2 amide bonds. The maximum absolute atomic E-state index is 13.8. The lowest BCUT2D eigenvalue weighted by atomic mass is 9.94. The van der Waals surface area contributed by atoms with Crippen LogP contribution in [0, 0.1) is 0 Å². The smallest absolute Gasteiger partial charge is 0.261 e. The van der Waals surface area contributed by atoms with Crippen LogP contribution in [-0.4, -0.2) is 42.5 Å². The Hall–Kier alpha value is -3.22. The third-order valence-electron chi connectivity index (χ3n) is 7.00. The molecule has 0 unspecified atom stereocenters. The number of hydrogen-bond donors (Lipinski definition) is 1. The highest BCUT2D eigenvalue weighted by Crippen LogP contribution is 2.27. The lowest BCUT2D eigenvalue weighted by Gasteiger charge is -2.33. The minimum absolute atomic E-state index is 0.102. The van der Waals surface area contributed by atoms with Crippen LogP contribution in [0.5, 0.6) is 11.5 Å². The fraction of sp³-hybridized carbons (Fsp3) is 0.355. The summed E-state index contributed by atoms with van der Waals surface area (Å²) in [5.74, 6) is 0.450. The number of carbonyl (C=O) groups excluding carboxylic acids is 2. The van der Waals surface area contributed by atoms with Crippen molar-refractivity contribution in [3.63, 3.8) is 0 Å². The Labute approximate surface area is 240 Å². The van der Waals surface area contributed by atoms with Gasteiger partial charge in [-0.15, -0.1) is 0 Å². The Kier molecular flexibility index (Phi) is 10.5. The van der Waals surface area contributed by atoms with Crippen LogP contribution in [-0.2, 0) is 22.6 Å². The molecule has 1 fully saturated rings. The number of ether oxygens (including phenoxy) is 2. The van der Waals surface area contributed by atoms with E-state index in [9.17, 15) is 9.59 Å². The van der Waals surface area contributed by atoms with Gasteiger partial charge in [0.25, 0.3) is 5.91 Å². The zero-order valence-corrected chi connectivity index (χ0v) is 23.6. The largest absolute Gasteiger partial charge is 0.493 e. The summed E-state index contributed by atoms with van der Waals surface area (Å²) in [4.78, 5) is 29.2. The molecule has 0 saturated heterocycles. The van der Waals surface area contributed by atoms with Crippen molar-refractivity contribution >= 4 is 35.0 Å². The van der Waals surface area contributed by atoms with Gasteiger partial charge in [-0.25, -0.2) is 0 Å². The van der Waals surface area contributed by atoms with Gasteiger partial charge in [0, 0.05) is 29.1 Å². The highest BCUT2D eigenvalue weighted by molar-refractivity contribution is 6.35. The molecule has 1 aliphatic carbocycles. The molecule has 3 aromatic rings. The quantitative estimate of drug-likeness (QED) is 0.288. The van der Waals surface area contributed by atoms with Gasteiger partial charge < -0.3 is 19.7 Å². The summed E-state index contributed by atoms with van der Waals surface area (Å²) >= 11 is 12.7. The van der Waals surface area contributed by atoms with E-state index in [4.69, 9.17) is 32.7 Å². The third-order valence-corrected chi connectivity index (χ3v) is 7.59. The van der Waals surface area contributed by atoms with E-state index < -0.39 is 6.04 Å². The molecule has 4 rings (SSSR count). The second kappa shape index (κ2) is 14.2. The first-order valence-electron chi connectivity index (χ1n) is 13.3. The van der Waals surface area contributed by atoms with E-state index in [2.05, 4.69) is 5.32 Å². The van der Waals surface area contributed by atoms with Crippen LogP contribution in [0.2, 0.25) is 10.0 Å². The average molecular weight is 570 g/mol. The van der Waals surface area contributed by atoms with Gasteiger partial charge in [0.2, 0.25) is 5.91 Å². The topological polar surface area (TPSA) is 67.9 Å². The summed E-state index contributed by atoms with van der Waals surface area (Å²) in [5.41, 5.74) is 1.64. The fourth-order valence-corrected chi connectivity index (χ4v) is 5.36. The molecule has 8 heteroatoms. The second-order valence-electron chi connectivity index (χ2n) is 9.75. The molecule has 1 N–H and O–H groups in total. The molecule has 0 radical (unpaired) electrons. The molecule has 0 aromatic heterocycles. The number of benzene rings is 3. The van der Waals surface area contributed by atoms with Crippen LogP contribution in [0.1, 0.15) is 43.2 Å². The Morgan fingerprint density at radius 2 is 1.64 bits per heavy atom. The first kappa shape index (κ1) is 28.8. The molecule has 0 bridgehead atoms. The number of carbonyl (C=O) groups is 2. The first-order valence-corrected chi connectivity index (χ1v) is 14.0. The van der Waals surface area contributed by atoms with E-state index in [0.717, 1.165) is 31.2 Å². The van der Waals surface area contributed by atoms with E-state index in [1.165, 1.54) is 6.42 Å². The second-order valence-corrected chi connectivity index (χ2v) is 10.6. The molecule has 6 nitrogen and oxygen atoms in total. The van der Waals surface area contributed by atoms with Crippen molar-refractivity contribution in [3.05, 3.63) is 94.0 Å². The summed E-state index contributed by atoms with van der Waals surface area (Å²) in [7, 11) is 1.55. The lowest BCUT2D eigenvalue weighted by Crippen LogP contribution is -2.53. The normalized spacial score (nSPS) is 14.3. The van der Waals surface area contributed by atoms with Crippen LogP contribution in [0.4, 0.5) is 0 Å². The molecule has 0 heterocycles. The highest BCUT2D eigenvalue weighted by Gasteiger charge is 2.32. The predicted octanol–water partition coefficient (Wildman–Crippen LogP) is 6.47. The zero-order valence-electron chi connectivity index (χ0n) is 22.1. The van der Waals surface area contributed by atoms with Gasteiger partial charge in [-0.3, -0.25) is 9.59 Å². The first-order chi connectivity index (χ1) is 18.9. The van der Waals surface area contributed by atoms with Gasteiger partial charge >= 0.3 is 0 Å². The van der Waals surface area contributed by atoms with Crippen LogP contribution < -0.4 is 14.8 Å². The fourth-order valence-electron chi connectivity index (χ4n) is 4.89. The van der Waals surface area contributed by atoms with Gasteiger partial charge in [-0.1, -0.05) is 91.0 Å². The number of para-hydroxylation sites is 2. The van der Waals surface area contributed by atoms with E-state index in [1.54, 1.807) is 42.3 Å². The van der Waals surface area contributed by atoms with Gasteiger partial charge in [-0.2, -0.15) is 0 Å². The van der Waals surface area contributed by atoms with Crippen molar-refractivity contribution in [2.24, 2.45) is 0 Å². The van der Waals surface area contributed by atoms with Crippen molar-refractivity contribution in [1.29, 1.82) is 0 Å². The Balaban J connectivity index is 1.64. The molecule has 1 atom stereocenters. The Morgan fingerprint density at radius 3 is 2.33 bits per heavy atom. The maximum atomic E-state index is 13.8. The summed E-state index contributed by atoms with van der Waals surface area (Å²) < 4.78 is 11.3. The van der Waals surface area contributed by atoms with Crippen molar-refractivity contribution in [1.82, 2.24) is 10.2 Å². The number of methoxy groups -OCH3 is 1. The van der Waals surface area contributed by atoms with Gasteiger partial charge in [0.15, 0.2) is 18.1 Å². The third kappa shape index (κ3) is 8.13. The molecule has 1 aliphatic rings. The molecular formula is C31H34Cl2N2O4. The number of hydrogen-bond acceptors (Lipinski definition) is 4. The summed E-state index contributed by atoms with van der Waals surface area (Å²) in [5, 5.41) is 4.15. The minimum atomic E-state index is -0.769. The van der Waals surface area contributed by atoms with Crippen molar-refractivity contribution in [2.75, 3.05) is 13.7 Å². The number of nitrogens with one attached hydrogen (secondary N) is 1. The Morgan fingerprint density at radius 1 is 0.949 bits per heavy atom. The molecule has 206 valence electrons. The SMILES string of the molecule is COc1ccccc1OCC(=O)N(Cc1ccc(Cl)cc1Cl)[C@H](Cc1ccccc1)C(=O)NC1CCCCC1. The van der Waals surface area contributed by atoms with Crippen molar-refractivity contribution in [3.8, 4) is 11.5 Å². The van der Waals surface area contributed by atoms with Crippen LogP contribution >= 0.6 is 23.2 Å². The zero-order chi connectivity index (χ0) is 27.6. The monoisotopic (exact) mass is 568 g/mol. The predicted molar refractivity (Wildman–Crippen MR) is 154 cm³/mol. The lowest BCUT2D eigenvalue weighted by molar-refractivity contribution is -0.143. The van der Waals surface area contributed by atoms with Gasteiger partial charge in [0.1, 0.15) is 6.04 Å². The van der Waals surface area contributed by atoms with E-state index in [-0.39, 0.29) is 31.0 Å². The minimum Gasteiger partial charge on any atom is -0.493 e. The van der Waals surface area contributed by atoms with Crippen LogP contribution in [0.3, 0.4) is 0 Å². The van der Waals surface area contributed by atoms with Crippen LogP contribution in [0.25, 0.3) is 0 Å². The summed E-state index contributed by atoms with van der Waals surface area (Å²) in [6, 6.07) is 21.3. The molecular weight excluding hydrogens is 535 g/mol. The number of amides is 2. The average Bonchev–Trinajstić information content (AvgIpc) is 2.95. The number of nitrogens with zero attached hydrogens (tertiary/aromatic N) is 1. The van der Waals surface area contributed by atoms with E-state index in [1.807, 2.05) is 42.5 Å². The van der Waals surface area contributed by atoms with Gasteiger partial charge in [-0.05, 0) is 48.2 Å². The number of rotatable bonds is 11. The van der Waals surface area contributed by atoms with Crippen LogP contribution in [0.15, 0.2) is 72.8 Å². The molecule has 3 aromatic carbocycles. The van der Waals surface area contributed by atoms with Gasteiger partial charge in [0.05, 0.1) is 7.11 Å². The number of halogens is 2. The van der Waals surface area contributed by atoms with Crippen molar-refractivity contribution < 1.29 is 19.1 Å². The molecule has 1 saturated carbocycles. The summed E-state index contributed by atoms with van der Waals surface area (Å²) in [6.07, 6.45) is 5.59. The van der Waals surface area contributed by atoms with E-state index >= 15 is 0 Å². The maximum Gasteiger partial charge on any atom is 0.261 e. The standard InChI is InChI=1S/C31H34Cl2N2O4/c1-38-28-14-8-9-15-29(28)39-21-30(36)35(20-23-16-17-24(32)19-26(23)33)27(18-22-10-4-2-5-11-22)31(37)34-25-12-6-3-7-13-25/h2,4-5,8-11,14-17,19,25,27H,3,6-7,12-13,18,20-21H2,1H3,(H,34,37)/t27-/m1/s1. The van der Waals surface area contributed by atoms with E-state index in [0.29, 0.717) is 33.5 Å². The highest BCUT2D eigenvalue weighted by atomic mass is 35.5.